The number of aliphatic hydroxyl groups excluding tert-OH is 1. The normalized spacial score (nSPS) is 31.2. The molecule has 1 atom stereocenters. The van der Waals surface area contributed by atoms with E-state index in [1.165, 1.54) is 6.42 Å². The van der Waals surface area contributed by atoms with Crippen LogP contribution in [0, 0.1) is 11.3 Å². The van der Waals surface area contributed by atoms with Gasteiger partial charge in [-0.05, 0) is 69.9 Å². The number of aliphatic hydroxyl groups is 1. The van der Waals surface area contributed by atoms with Gasteiger partial charge in [0.15, 0.2) is 0 Å². The second kappa shape index (κ2) is 9.61. The fraction of sp³-hybridized carbons (Fsp3) is 0.731. The summed E-state index contributed by atoms with van der Waals surface area (Å²) in [7, 11) is 0. The van der Waals surface area contributed by atoms with Crippen molar-refractivity contribution in [3.05, 3.63) is 18.3 Å². The van der Waals surface area contributed by atoms with Crippen molar-refractivity contribution in [1.82, 2.24) is 9.88 Å². The van der Waals surface area contributed by atoms with E-state index in [4.69, 9.17) is 0 Å². The second-order valence-electron chi connectivity index (χ2n) is 10.7. The summed E-state index contributed by atoms with van der Waals surface area (Å²) in [5.74, 6) is 1.44. The Labute approximate surface area is 196 Å². The van der Waals surface area contributed by atoms with Gasteiger partial charge in [-0.1, -0.05) is 19.3 Å². The van der Waals surface area contributed by atoms with E-state index in [2.05, 4.69) is 20.1 Å². The van der Waals surface area contributed by atoms with Gasteiger partial charge < -0.3 is 20.2 Å². The molecule has 2 saturated carbocycles. The number of nitrogens with zero attached hydrogens (tertiary/aromatic N) is 3. The average Bonchev–Trinajstić information content (AvgIpc) is 3.15. The molecule has 33 heavy (non-hydrogen) atoms. The molecule has 4 fully saturated rings. The smallest absolute Gasteiger partial charge is 0.230 e. The zero-order chi connectivity index (χ0) is 22.8. The Kier molecular flexibility index (Phi) is 6.59. The van der Waals surface area contributed by atoms with Gasteiger partial charge in [0.2, 0.25) is 11.8 Å². The Hall–Kier alpha value is -2.15. The van der Waals surface area contributed by atoms with Crippen LogP contribution in [0.5, 0.6) is 0 Å². The molecular weight excluding hydrogens is 416 g/mol. The van der Waals surface area contributed by atoms with Crippen molar-refractivity contribution in [3.8, 4) is 0 Å². The van der Waals surface area contributed by atoms with E-state index in [-0.39, 0.29) is 23.3 Å². The van der Waals surface area contributed by atoms with Gasteiger partial charge in [-0.25, -0.2) is 4.98 Å². The van der Waals surface area contributed by atoms with Crippen molar-refractivity contribution in [2.75, 3.05) is 29.9 Å². The second-order valence-corrected chi connectivity index (χ2v) is 10.7. The molecule has 1 aromatic rings. The SMILES string of the molecule is O=C(Nc1ccc(N2CCC[C@@]3(CCN(C4CCC(O)CC4)C3=O)C2)nc1)C1CCCCC1. The molecule has 5 rings (SSSR count). The van der Waals surface area contributed by atoms with Gasteiger partial charge in [-0.15, -0.1) is 0 Å². The Morgan fingerprint density at radius 1 is 1.00 bits per heavy atom. The summed E-state index contributed by atoms with van der Waals surface area (Å²) in [5.41, 5.74) is 0.452. The number of rotatable bonds is 4. The van der Waals surface area contributed by atoms with Gasteiger partial charge in [-0.2, -0.15) is 0 Å². The summed E-state index contributed by atoms with van der Waals surface area (Å²) in [4.78, 5) is 35.1. The van der Waals surface area contributed by atoms with Gasteiger partial charge in [0.1, 0.15) is 5.82 Å². The number of carbonyl (C=O) groups excluding carboxylic acids is 2. The zero-order valence-corrected chi connectivity index (χ0v) is 19.7. The first kappa shape index (κ1) is 22.6. The van der Waals surface area contributed by atoms with Gasteiger partial charge >= 0.3 is 0 Å². The van der Waals surface area contributed by atoms with Crippen LogP contribution in [0.2, 0.25) is 0 Å². The molecule has 2 aliphatic carbocycles. The molecule has 2 N–H and O–H groups in total. The van der Waals surface area contributed by atoms with Crippen molar-refractivity contribution in [3.63, 3.8) is 0 Å². The van der Waals surface area contributed by atoms with E-state index in [0.29, 0.717) is 11.9 Å². The number of nitrogens with one attached hydrogen (secondary N) is 1. The number of carbonyl (C=O) groups is 2. The Balaban J connectivity index is 1.21. The van der Waals surface area contributed by atoms with Crippen LogP contribution in [0.25, 0.3) is 0 Å². The lowest BCUT2D eigenvalue weighted by Gasteiger charge is -2.41. The van der Waals surface area contributed by atoms with Crippen molar-refractivity contribution in [2.45, 2.75) is 89.2 Å². The highest BCUT2D eigenvalue weighted by Crippen LogP contribution is 2.43. The quantitative estimate of drug-likeness (QED) is 0.724. The maximum Gasteiger partial charge on any atom is 0.230 e. The summed E-state index contributed by atoms with van der Waals surface area (Å²) >= 11 is 0. The van der Waals surface area contributed by atoms with Crippen molar-refractivity contribution < 1.29 is 14.7 Å². The summed E-state index contributed by atoms with van der Waals surface area (Å²) < 4.78 is 0. The van der Waals surface area contributed by atoms with E-state index in [0.717, 1.165) is 102 Å². The number of aromatic nitrogens is 1. The molecule has 0 bridgehead atoms. The fourth-order valence-corrected chi connectivity index (χ4v) is 6.53. The van der Waals surface area contributed by atoms with E-state index in [9.17, 15) is 14.7 Å². The molecule has 1 aromatic heterocycles. The van der Waals surface area contributed by atoms with E-state index in [1.54, 1.807) is 6.20 Å². The van der Waals surface area contributed by atoms with Gasteiger partial charge in [0.05, 0.1) is 23.4 Å². The largest absolute Gasteiger partial charge is 0.393 e. The van der Waals surface area contributed by atoms with Crippen LogP contribution < -0.4 is 10.2 Å². The lowest BCUT2D eigenvalue weighted by atomic mass is 9.78. The molecule has 180 valence electrons. The van der Waals surface area contributed by atoms with E-state index in [1.807, 2.05) is 12.1 Å². The van der Waals surface area contributed by atoms with Gasteiger partial charge in [0, 0.05) is 31.6 Å². The predicted octanol–water partition coefficient (Wildman–Crippen LogP) is 3.72. The van der Waals surface area contributed by atoms with Crippen LogP contribution in [0.4, 0.5) is 11.5 Å². The molecule has 2 amide bonds. The highest BCUT2D eigenvalue weighted by Gasteiger charge is 2.50. The summed E-state index contributed by atoms with van der Waals surface area (Å²) in [6.45, 7) is 2.47. The number of amides is 2. The third-order valence-corrected chi connectivity index (χ3v) is 8.55. The summed E-state index contributed by atoms with van der Waals surface area (Å²) in [6.07, 6.45) is 13.4. The Morgan fingerprint density at radius 2 is 1.79 bits per heavy atom. The number of hydrogen-bond acceptors (Lipinski definition) is 5. The molecule has 0 unspecified atom stereocenters. The summed E-state index contributed by atoms with van der Waals surface area (Å²) in [5, 5.41) is 12.9. The van der Waals surface area contributed by atoms with Crippen molar-refractivity contribution in [2.24, 2.45) is 11.3 Å². The third-order valence-electron chi connectivity index (χ3n) is 8.55. The fourth-order valence-electron chi connectivity index (χ4n) is 6.53. The minimum atomic E-state index is -0.302. The average molecular weight is 455 g/mol. The van der Waals surface area contributed by atoms with Crippen molar-refractivity contribution >= 4 is 23.3 Å². The number of pyridine rings is 1. The lowest BCUT2D eigenvalue weighted by molar-refractivity contribution is -0.139. The topological polar surface area (TPSA) is 85.8 Å². The molecule has 2 aliphatic heterocycles. The molecule has 2 saturated heterocycles. The molecule has 7 nitrogen and oxygen atoms in total. The Morgan fingerprint density at radius 3 is 2.52 bits per heavy atom. The maximum absolute atomic E-state index is 13.5. The van der Waals surface area contributed by atoms with Crippen LogP contribution in [0.1, 0.15) is 77.0 Å². The van der Waals surface area contributed by atoms with E-state index >= 15 is 0 Å². The predicted molar refractivity (Wildman–Crippen MR) is 128 cm³/mol. The van der Waals surface area contributed by atoms with Crippen LogP contribution in [-0.4, -0.2) is 58.6 Å². The molecule has 7 heteroatoms. The molecule has 0 aromatic carbocycles. The number of likely N-dealkylation sites (tertiary alicyclic amines) is 1. The molecule has 3 heterocycles. The minimum Gasteiger partial charge on any atom is -0.393 e. The minimum absolute atomic E-state index is 0.119. The van der Waals surface area contributed by atoms with Crippen LogP contribution in [0.15, 0.2) is 18.3 Å². The van der Waals surface area contributed by atoms with Gasteiger partial charge in [-0.3, -0.25) is 9.59 Å². The van der Waals surface area contributed by atoms with Crippen LogP contribution >= 0.6 is 0 Å². The Bertz CT molecular complexity index is 846. The number of hydrogen-bond donors (Lipinski definition) is 2. The first-order chi connectivity index (χ1) is 16.0. The lowest BCUT2D eigenvalue weighted by Crippen LogP contribution is -2.50. The third kappa shape index (κ3) is 4.75. The number of piperidine rings is 1. The first-order valence-electron chi connectivity index (χ1n) is 13.1. The highest BCUT2D eigenvalue weighted by atomic mass is 16.3. The van der Waals surface area contributed by atoms with Gasteiger partial charge in [0.25, 0.3) is 0 Å². The monoisotopic (exact) mass is 454 g/mol. The highest BCUT2D eigenvalue weighted by molar-refractivity contribution is 5.92. The molecular formula is C26H38N4O3. The molecule has 4 aliphatic rings. The summed E-state index contributed by atoms with van der Waals surface area (Å²) in [6, 6.07) is 4.22. The molecule has 0 radical (unpaired) electrons. The maximum atomic E-state index is 13.5. The standard InChI is InChI=1S/C26H38N4O3/c31-22-10-8-21(9-11-22)30-16-14-26(25(30)33)13-4-15-29(18-26)23-12-7-20(17-27-23)28-24(32)19-5-2-1-3-6-19/h7,12,17,19,21-22,31H,1-6,8-11,13-16,18H2,(H,28,32)/t21?,22?,26-/m1/s1. The zero-order valence-electron chi connectivity index (χ0n) is 19.7. The van der Waals surface area contributed by atoms with Crippen LogP contribution in [-0.2, 0) is 9.59 Å². The van der Waals surface area contributed by atoms with E-state index < -0.39 is 0 Å². The molecule has 1 spiro atoms. The van der Waals surface area contributed by atoms with Crippen LogP contribution in [0.3, 0.4) is 0 Å². The first-order valence-corrected chi connectivity index (χ1v) is 13.1. The van der Waals surface area contributed by atoms with Crippen molar-refractivity contribution in [1.29, 1.82) is 0 Å². The number of anilines is 2.